The minimum absolute atomic E-state index is 0.0114. The molecule has 9 heteroatoms. The largest absolute Gasteiger partial charge is 0.497 e. The van der Waals surface area contributed by atoms with Crippen LogP contribution in [-0.4, -0.2) is 74.1 Å². The molecule has 1 saturated heterocycles. The van der Waals surface area contributed by atoms with E-state index in [1.165, 1.54) is 4.90 Å². The Hall–Kier alpha value is -4.01. The molecule has 5 rings (SSSR count). The second kappa shape index (κ2) is 9.32. The number of piperazine rings is 1. The lowest BCUT2D eigenvalue weighted by Gasteiger charge is -2.38. The molecule has 1 unspecified atom stereocenters. The summed E-state index contributed by atoms with van der Waals surface area (Å²) in [5.74, 6) is 0.181. The Bertz CT molecular complexity index is 1170. The lowest BCUT2D eigenvalue weighted by Crippen LogP contribution is -2.54. The maximum atomic E-state index is 13.1. The van der Waals surface area contributed by atoms with Crippen molar-refractivity contribution in [2.45, 2.75) is 13.0 Å². The molecule has 0 aliphatic carbocycles. The van der Waals surface area contributed by atoms with Crippen molar-refractivity contribution in [2.24, 2.45) is 0 Å². The predicted molar refractivity (Wildman–Crippen MR) is 129 cm³/mol. The maximum Gasteiger partial charge on any atom is 0.338 e. The van der Waals surface area contributed by atoms with Gasteiger partial charge in [-0.25, -0.2) is 9.59 Å². The molecule has 1 fully saturated rings. The van der Waals surface area contributed by atoms with Crippen LogP contribution in [0.2, 0.25) is 0 Å². The summed E-state index contributed by atoms with van der Waals surface area (Å²) in [6.45, 7) is 4.31. The summed E-state index contributed by atoms with van der Waals surface area (Å²) in [7, 11) is 1.64. The van der Waals surface area contributed by atoms with Gasteiger partial charge in [-0.2, -0.15) is 0 Å². The molecule has 0 aromatic heterocycles. The number of carbonyl (C=O) groups excluding carboxylic acids is 3. The van der Waals surface area contributed by atoms with Crippen molar-refractivity contribution in [3.05, 3.63) is 70.9 Å². The lowest BCUT2D eigenvalue weighted by atomic mass is 9.95. The third-order valence-corrected chi connectivity index (χ3v) is 6.77. The Morgan fingerprint density at radius 1 is 1.03 bits per heavy atom. The molecular formula is C26H28N4O5. The highest BCUT2D eigenvalue weighted by molar-refractivity contribution is 5.98. The van der Waals surface area contributed by atoms with Crippen LogP contribution in [0.15, 0.2) is 59.8 Å². The first kappa shape index (κ1) is 22.8. The predicted octanol–water partition coefficient (Wildman–Crippen LogP) is 2.23. The third kappa shape index (κ3) is 4.41. The monoisotopic (exact) mass is 476 g/mol. The number of esters is 1. The van der Waals surface area contributed by atoms with Gasteiger partial charge < -0.3 is 24.6 Å². The van der Waals surface area contributed by atoms with Crippen LogP contribution in [-0.2, 0) is 14.3 Å². The van der Waals surface area contributed by atoms with Gasteiger partial charge in [0.15, 0.2) is 0 Å². The summed E-state index contributed by atoms with van der Waals surface area (Å²) in [5.41, 5.74) is 3.82. The zero-order valence-electron chi connectivity index (χ0n) is 19.8. The smallest absolute Gasteiger partial charge is 0.338 e. The van der Waals surface area contributed by atoms with Crippen LogP contribution in [0, 0.1) is 6.92 Å². The highest BCUT2D eigenvalue weighted by Crippen LogP contribution is 2.35. The molecule has 1 atom stereocenters. The van der Waals surface area contributed by atoms with Crippen molar-refractivity contribution in [1.82, 2.24) is 15.1 Å². The molecule has 3 aliphatic heterocycles. The number of methoxy groups -OCH3 is 1. The van der Waals surface area contributed by atoms with Crippen molar-refractivity contribution in [3.8, 4) is 5.75 Å². The molecule has 2 aromatic carbocycles. The van der Waals surface area contributed by atoms with Crippen molar-refractivity contribution >= 4 is 23.6 Å². The van der Waals surface area contributed by atoms with Crippen molar-refractivity contribution in [1.29, 1.82) is 0 Å². The topological polar surface area (TPSA) is 91.4 Å². The molecule has 3 aliphatic rings. The number of benzene rings is 2. The molecular weight excluding hydrogens is 448 g/mol. The molecule has 3 heterocycles. The zero-order valence-corrected chi connectivity index (χ0v) is 19.8. The molecule has 0 bridgehead atoms. The lowest BCUT2D eigenvalue weighted by molar-refractivity contribution is -0.136. The number of nitrogens with one attached hydrogen (secondary N) is 1. The second-order valence-corrected chi connectivity index (χ2v) is 8.88. The van der Waals surface area contributed by atoms with Gasteiger partial charge in [0.25, 0.3) is 0 Å². The Morgan fingerprint density at radius 2 is 1.71 bits per heavy atom. The summed E-state index contributed by atoms with van der Waals surface area (Å²) < 4.78 is 10.5. The van der Waals surface area contributed by atoms with Crippen molar-refractivity contribution in [3.63, 3.8) is 0 Å². The quantitative estimate of drug-likeness (QED) is 0.666. The molecule has 182 valence electrons. The number of amides is 3. The Balaban J connectivity index is 1.27. The molecule has 0 spiro atoms. The van der Waals surface area contributed by atoms with E-state index >= 15 is 0 Å². The molecule has 3 amide bonds. The first-order valence-corrected chi connectivity index (χ1v) is 11.7. The first-order chi connectivity index (χ1) is 16.9. The van der Waals surface area contributed by atoms with E-state index in [1.54, 1.807) is 12.0 Å². The van der Waals surface area contributed by atoms with E-state index in [1.807, 2.05) is 55.5 Å². The van der Waals surface area contributed by atoms with Gasteiger partial charge in [-0.3, -0.25) is 9.69 Å². The molecule has 1 N–H and O–H groups in total. The first-order valence-electron chi connectivity index (χ1n) is 11.7. The summed E-state index contributed by atoms with van der Waals surface area (Å²) >= 11 is 0. The Morgan fingerprint density at radius 3 is 2.37 bits per heavy atom. The van der Waals surface area contributed by atoms with Crippen LogP contribution >= 0.6 is 0 Å². The minimum atomic E-state index is -0.590. The molecule has 2 aromatic rings. The molecule has 35 heavy (non-hydrogen) atoms. The Kier molecular flexibility index (Phi) is 6.07. The van der Waals surface area contributed by atoms with Crippen molar-refractivity contribution < 1.29 is 23.9 Å². The van der Waals surface area contributed by atoms with Gasteiger partial charge in [-0.15, -0.1) is 0 Å². The van der Waals surface area contributed by atoms with E-state index in [-0.39, 0.29) is 19.1 Å². The van der Waals surface area contributed by atoms with E-state index in [0.717, 1.165) is 22.6 Å². The number of carbonyl (C=O) groups is 3. The standard InChI is InChI=1S/C26H28N4O5/c1-17-3-5-18(6-4-17)24-23-21(16-35-25(23)32)30(26(33)27-24)15-22(31)29-13-11-28(12-14-29)19-7-9-20(34-2)10-8-19/h3-10,24H,11-16H2,1-2H3,(H,27,33). The number of hydrogen-bond donors (Lipinski definition) is 1. The van der Waals surface area contributed by atoms with Crippen molar-refractivity contribution in [2.75, 3.05) is 51.3 Å². The maximum absolute atomic E-state index is 13.1. The summed E-state index contributed by atoms with van der Waals surface area (Å²) in [5, 5.41) is 2.89. The number of hydrogen-bond acceptors (Lipinski definition) is 6. The van der Waals surface area contributed by atoms with Crippen LogP contribution in [0.3, 0.4) is 0 Å². The van der Waals surface area contributed by atoms with Crippen LogP contribution < -0.4 is 15.0 Å². The summed E-state index contributed by atoms with van der Waals surface area (Å²) in [6.07, 6.45) is 0. The molecule has 0 radical (unpaired) electrons. The van der Waals surface area contributed by atoms with E-state index in [9.17, 15) is 14.4 Å². The third-order valence-electron chi connectivity index (χ3n) is 6.77. The van der Waals surface area contributed by atoms with Gasteiger partial charge in [0.1, 0.15) is 18.9 Å². The van der Waals surface area contributed by atoms with Gasteiger partial charge in [0, 0.05) is 31.9 Å². The number of aryl methyl sites for hydroxylation is 1. The van der Waals surface area contributed by atoms with Crippen LogP contribution in [0.25, 0.3) is 0 Å². The number of ether oxygens (including phenoxy) is 2. The van der Waals surface area contributed by atoms with E-state index in [0.29, 0.717) is 37.4 Å². The van der Waals surface area contributed by atoms with Crippen LogP contribution in [0.4, 0.5) is 10.5 Å². The number of urea groups is 1. The van der Waals surface area contributed by atoms with Gasteiger partial charge in [-0.1, -0.05) is 29.8 Å². The Labute approximate surface area is 203 Å². The normalized spacial score (nSPS) is 19.9. The van der Waals surface area contributed by atoms with Crippen LogP contribution in [0.5, 0.6) is 5.75 Å². The molecule has 0 saturated carbocycles. The highest BCUT2D eigenvalue weighted by Gasteiger charge is 2.43. The fraction of sp³-hybridized carbons (Fsp3) is 0.346. The van der Waals surface area contributed by atoms with E-state index in [2.05, 4.69) is 10.2 Å². The van der Waals surface area contributed by atoms with Gasteiger partial charge in [0.05, 0.1) is 24.4 Å². The number of rotatable bonds is 5. The van der Waals surface area contributed by atoms with Gasteiger partial charge >= 0.3 is 12.0 Å². The number of cyclic esters (lactones) is 1. The fourth-order valence-electron chi connectivity index (χ4n) is 4.73. The van der Waals surface area contributed by atoms with Gasteiger partial charge in [-0.05, 0) is 36.8 Å². The zero-order chi connectivity index (χ0) is 24.5. The highest BCUT2D eigenvalue weighted by atomic mass is 16.5. The minimum Gasteiger partial charge on any atom is -0.497 e. The number of anilines is 1. The van der Waals surface area contributed by atoms with Gasteiger partial charge in [0.2, 0.25) is 5.91 Å². The summed E-state index contributed by atoms with van der Waals surface area (Å²) in [4.78, 5) is 44.0. The SMILES string of the molecule is COc1ccc(N2CCN(C(=O)CN3C(=O)NC(c4ccc(C)cc4)C4=C3COC4=O)CC2)cc1. The van der Waals surface area contributed by atoms with E-state index in [4.69, 9.17) is 9.47 Å². The fourth-order valence-corrected chi connectivity index (χ4v) is 4.73. The second-order valence-electron chi connectivity index (χ2n) is 8.88. The molecule has 9 nitrogen and oxygen atoms in total. The average Bonchev–Trinajstić information content (AvgIpc) is 3.27. The number of nitrogens with zero attached hydrogens (tertiary/aromatic N) is 3. The van der Waals surface area contributed by atoms with Crippen LogP contribution in [0.1, 0.15) is 17.2 Å². The summed E-state index contributed by atoms with van der Waals surface area (Å²) in [6, 6.07) is 14.5. The average molecular weight is 477 g/mol. The van der Waals surface area contributed by atoms with E-state index < -0.39 is 18.0 Å².